The number of amides is 1. The lowest BCUT2D eigenvalue weighted by Gasteiger charge is -2.09. The molecule has 3 aromatic rings. The first-order chi connectivity index (χ1) is 14.6. The van der Waals surface area contributed by atoms with Gasteiger partial charge in [-0.05, 0) is 35.4 Å². The Labute approximate surface area is 174 Å². The van der Waals surface area contributed by atoms with Gasteiger partial charge in [-0.1, -0.05) is 42.5 Å². The van der Waals surface area contributed by atoms with Crippen LogP contribution in [-0.2, 0) is 4.79 Å². The first-order valence-corrected chi connectivity index (χ1v) is 9.16. The van der Waals surface area contributed by atoms with E-state index in [9.17, 15) is 9.90 Å². The Balaban J connectivity index is 1.53. The van der Waals surface area contributed by atoms with E-state index in [2.05, 4.69) is 10.5 Å². The standard InChI is InChI=1S/C23H22N2O5/c1-28-20-12-16(13-21(29-2)23(20)27)14-24-25-22(26)15-30-19-10-8-18(9-11-19)17-6-4-3-5-7-17/h3-14,27H,15H2,1-2H3,(H,25,26)/b24-14+. The first kappa shape index (κ1) is 20.7. The molecule has 0 heterocycles. The predicted molar refractivity (Wildman–Crippen MR) is 114 cm³/mol. The van der Waals surface area contributed by atoms with Gasteiger partial charge in [-0.2, -0.15) is 5.10 Å². The van der Waals surface area contributed by atoms with E-state index in [4.69, 9.17) is 14.2 Å². The molecule has 7 nitrogen and oxygen atoms in total. The summed E-state index contributed by atoms with van der Waals surface area (Å²) >= 11 is 0. The number of hydrogen-bond donors (Lipinski definition) is 2. The summed E-state index contributed by atoms with van der Waals surface area (Å²) in [7, 11) is 2.86. The van der Waals surface area contributed by atoms with Gasteiger partial charge in [0, 0.05) is 5.56 Å². The van der Waals surface area contributed by atoms with Crippen molar-refractivity contribution >= 4 is 12.1 Å². The summed E-state index contributed by atoms with van der Waals surface area (Å²) in [6.07, 6.45) is 1.41. The summed E-state index contributed by atoms with van der Waals surface area (Å²) in [4.78, 5) is 12.0. The van der Waals surface area contributed by atoms with Gasteiger partial charge in [0.15, 0.2) is 18.1 Å². The van der Waals surface area contributed by atoms with Crippen LogP contribution in [0.1, 0.15) is 5.56 Å². The van der Waals surface area contributed by atoms with Gasteiger partial charge in [0.05, 0.1) is 20.4 Å². The number of hydrogen-bond acceptors (Lipinski definition) is 6. The average Bonchev–Trinajstić information content (AvgIpc) is 2.79. The Bertz CT molecular complexity index is 993. The van der Waals surface area contributed by atoms with Gasteiger partial charge in [-0.15, -0.1) is 0 Å². The van der Waals surface area contributed by atoms with Crippen LogP contribution >= 0.6 is 0 Å². The van der Waals surface area contributed by atoms with Crippen LogP contribution in [-0.4, -0.2) is 38.1 Å². The molecule has 0 unspecified atom stereocenters. The summed E-state index contributed by atoms with van der Waals surface area (Å²) in [5, 5.41) is 13.8. The number of methoxy groups -OCH3 is 2. The Morgan fingerprint density at radius 1 is 0.967 bits per heavy atom. The van der Waals surface area contributed by atoms with Crippen LogP contribution in [0.25, 0.3) is 11.1 Å². The Morgan fingerprint density at radius 2 is 1.57 bits per heavy atom. The molecule has 0 atom stereocenters. The number of rotatable bonds is 8. The molecule has 0 saturated heterocycles. The van der Waals surface area contributed by atoms with Crippen molar-refractivity contribution in [2.75, 3.05) is 20.8 Å². The summed E-state index contributed by atoms with van der Waals surface area (Å²) in [6, 6.07) is 20.6. The van der Waals surface area contributed by atoms with Crippen LogP contribution in [0, 0.1) is 0 Å². The summed E-state index contributed by atoms with van der Waals surface area (Å²) in [6.45, 7) is -0.176. The highest BCUT2D eigenvalue weighted by Crippen LogP contribution is 2.36. The molecule has 0 aliphatic rings. The van der Waals surface area contributed by atoms with Crippen LogP contribution in [0.3, 0.4) is 0 Å². The van der Waals surface area contributed by atoms with E-state index in [-0.39, 0.29) is 23.9 Å². The van der Waals surface area contributed by atoms with E-state index in [0.717, 1.165) is 11.1 Å². The number of carbonyl (C=O) groups is 1. The molecule has 2 N–H and O–H groups in total. The second-order valence-electron chi connectivity index (χ2n) is 6.25. The molecule has 0 spiro atoms. The highest BCUT2D eigenvalue weighted by Gasteiger charge is 2.10. The Kier molecular flexibility index (Phi) is 6.89. The molecule has 30 heavy (non-hydrogen) atoms. The number of phenolic OH excluding ortho intramolecular Hbond substituents is 1. The summed E-state index contributed by atoms with van der Waals surface area (Å²) < 4.78 is 15.7. The second-order valence-corrected chi connectivity index (χ2v) is 6.25. The third-order valence-electron chi connectivity index (χ3n) is 4.24. The molecule has 0 fully saturated rings. The molecule has 0 aromatic heterocycles. The fourth-order valence-corrected chi connectivity index (χ4v) is 2.72. The zero-order valence-corrected chi connectivity index (χ0v) is 16.7. The molecule has 0 radical (unpaired) electrons. The third-order valence-corrected chi connectivity index (χ3v) is 4.24. The zero-order chi connectivity index (χ0) is 21.3. The van der Waals surface area contributed by atoms with Crippen LogP contribution in [0.5, 0.6) is 23.0 Å². The molecule has 0 saturated carbocycles. The first-order valence-electron chi connectivity index (χ1n) is 9.16. The second kappa shape index (κ2) is 9.97. The SMILES string of the molecule is COc1cc(/C=N/NC(=O)COc2ccc(-c3ccccc3)cc2)cc(OC)c1O. The van der Waals surface area contributed by atoms with Crippen LogP contribution in [0.2, 0.25) is 0 Å². The van der Waals surface area contributed by atoms with Gasteiger partial charge in [-0.25, -0.2) is 5.43 Å². The Hall–Kier alpha value is -4.00. The average molecular weight is 406 g/mol. The smallest absolute Gasteiger partial charge is 0.277 e. The van der Waals surface area contributed by atoms with Crippen molar-refractivity contribution in [2.45, 2.75) is 0 Å². The van der Waals surface area contributed by atoms with Crippen molar-refractivity contribution in [3.8, 4) is 34.1 Å². The number of hydrazone groups is 1. The normalized spacial score (nSPS) is 10.6. The van der Waals surface area contributed by atoms with Crippen LogP contribution in [0.4, 0.5) is 0 Å². The lowest BCUT2D eigenvalue weighted by atomic mass is 10.1. The monoisotopic (exact) mass is 406 g/mol. The predicted octanol–water partition coefficient (Wildman–Crippen LogP) is 3.61. The lowest BCUT2D eigenvalue weighted by molar-refractivity contribution is -0.123. The molecule has 0 aliphatic carbocycles. The van der Waals surface area contributed by atoms with Gasteiger partial charge in [-0.3, -0.25) is 4.79 Å². The number of aromatic hydroxyl groups is 1. The number of nitrogens with one attached hydrogen (secondary N) is 1. The number of carbonyl (C=O) groups excluding carboxylic acids is 1. The van der Waals surface area contributed by atoms with Gasteiger partial charge >= 0.3 is 0 Å². The molecule has 0 bridgehead atoms. The minimum atomic E-state index is -0.406. The molecule has 0 aliphatic heterocycles. The van der Waals surface area contributed by atoms with Gasteiger partial charge < -0.3 is 19.3 Å². The molecule has 154 valence electrons. The van der Waals surface area contributed by atoms with E-state index in [1.165, 1.54) is 20.4 Å². The highest BCUT2D eigenvalue weighted by molar-refractivity contribution is 5.84. The quantitative estimate of drug-likeness (QED) is 0.441. The zero-order valence-electron chi connectivity index (χ0n) is 16.7. The maximum absolute atomic E-state index is 12.0. The number of ether oxygens (including phenoxy) is 3. The fourth-order valence-electron chi connectivity index (χ4n) is 2.72. The molecular formula is C23H22N2O5. The minimum Gasteiger partial charge on any atom is -0.502 e. The maximum atomic E-state index is 12.0. The number of nitrogens with zero attached hydrogens (tertiary/aromatic N) is 1. The van der Waals surface area contributed by atoms with Gasteiger partial charge in [0.1, 0.15) is 5.75 Å². The maximum Gasteiger partial charge on any atom is 0.277 e. The van der Waals surface area contributed by atoms with Crippen molar-refractivity contribution in [1.82, 2.24) is 5.43 Å². The van der Waals surface area contributed by atoms with Crippen molar-refractivity contribution in [2.24, 2.45) is 5.10 Å². The largest absolute Gasteiger partial charge is 0.502 e. The van der Waals surface area contributed by atoms with Crippen molar-refractivity contribution in [1.29, 1.82) is 0 Å². The van der Waals surface area contributed by atoms with E-state index in [0.29, 0.717) is 11.3 Å². The van der Waals surface area contributed by atoms with E-state index in [1.807, 2.05) is 54.6 Å². The van der Waals surface area contributed by atoms with E-state index in [1.54, 1.807) is 12.1 Å². The highest BCUT2D eigenvalue weighted by atomic mass is 16.5. The number of phenols is 1. The molecule has 3 aromatic carbocycles. The van der Waals surface area contributed by atoms with Crippen molar-refractivity contribution in [3.63, 3.8) is 0 Å². The molecular weight excluding hydrogens is 384 g/mol. The Morgan fingerprint density at radius 3 is 2.17 bits per heavy atom. The van der Waals surface area contributed by atoms with Crippen LogP contribution in [0.15, 0.2) is 71.8 Å². The minimum absolute atomic E-state index is 0.104. The summed E-state index contributed by atoms with van der Waals surface area (Å²) in [5.41, 5.74) is 5.15. The number of benzene rings is 3. The van der Waals surface area contributed by atoms with Gasteiger partial charge in [0.2, 0.25) is 5.75 Å². The fraction of sp³-hybridized carbons (Fsp3) is 0.130. The topological polar surface area (TPSA) is 89.4 Å². The van der Waals surface area contributed by atoms with Gasteiger partial charge in [0.25, 0.3) is 5.91 Å². The van der Waals surface area contributed by atoms with Crippen molar-refractivity contribution < 1.29 is 24.1 Å². The van der Waals surface area contributed by atoms with Crippen LogP contribution < -0.4 is 19.6 Å². The summed E-state index contributed by atoms with van der Waals surface area (Å²) in [5.74, 6) is 0.555. The molecule has 1 amide bonds. The van der Waals surface area contributed by atoms with Crippen molar-refractivity contribution in [3.05, 3.63) is 72.3 Å². The lowest BCUT2D eigenvalue weighted by Crippen LogP contribution is -2.24. The van der Waals surface area contributed by atoms with E-state index < -0.39 is 5.91 Å². The molecule has 3 rings (SSSR count). The third kappa shape index (κ3) is 5.29. The van der Waals surface area contributed by atoms with E-state index >= 15 is 0 Å². The molecule has 7 heteroatoms.